The number of hydrogen-bond acceptors (Lipinski definition) is 6. The van der Waals surface area contributed by atoms with Gasteiger partial charge in [0.1, 0.15) is 11.6 Å². The van der Waals surface area contributed by atoms with Crippen LogP contribution in [0.1, 0.15) is 12.5 Å². The van der Waals surface area contributed by atoms with Gasteiger partial charge in [-0.05, 0) is 53.2 Å². The SMILES string of the molecule is COc1ccc(CNC(=O)[C@@H](C)Sc2nnnn2-c2cccc(F)c2)cc1. The van der Waals surface area contributed by atoms with E-state index < -0.39 is 5.25 Å². The number of carbonyl (C=O) groups is 1. The maximum atomic E-state index is 13.4. The maximum absolute atomic E-state index is 13.4. The first-order valence-electron chi connectivity index (χ1n) is 8.18. The Morgan fingerprint density at radius 2 is 2.07 bits per heavy atom. The molecule has 27 heavy (non-hydrogen) atoms. The summed E-state index contributed by atoms with van der Waals surface area (Å²) in [6.07, 6.45) is 0. The second-order valence-electron chi connectivity index (χ2n) is 5.68. The maximum Gasteiger partial charge on any atom is 0.233 e. The monoisotopic (exact) mass is 387 g/mol. The molecule has 1 atom stereocenters. The standard InChI is InChI=1S/C18H18FN5O2S/c1-12(17(25)20-11-13-6-8-16(26-2)9-7-13)27-18-21-22-23-24(18)15-5-3-4-14(19)10-15/h3-10,12H,11H2,1-2H3,(H,20,25)/t12-/m1/s1. The number of thioether (sulfide) groups is 1. The Hall–Kier alpha value is -2.94. The first-order valence-corrected chi connectivity index (χ1v) is 9.06. The normalized spacial score (nSPS) is 11.8. The highest BCUT2D eigenvalue weighted by atomic mass is 32.2. The van der Waals surface area contributed by atoms with Crippen LogP contribution in [0.3, 0.4) is 0 Å². The summed E-state index contributed by atoms with van der Waals surface area (Å²) in [4.78, 5) is 12.4. The molecule has 1 amide bonds. The molecule has 2 aromatic carbocycles. The lowest BCUT2D eigenvalue weighted by atomic mass is 10.2. The van der Waals surface area contributed by atoms with Crippen molar-refractivity contribution in [3.8, 4) is 11.4 Å². The van der Waals surface area contributed by atoms with Gasteiger partial charge in [-0.2, -0.15) is 4.68 Å². The summed E-state index contributed by atoms with van der Waals surface area (Å²) < 4.78 is 19.9. The van der Waals surface area contributed by atoms with E-state index in [1.807, 2.05) is 24.3 Å². The molecule has 0 aliphatic carbocycles. The number of nitrogens with zero attached hydrogens (tertiary/aromatic N) is 4. The molecule has 1 heterocycles. The van der Waals surface area contributed by atoms with Gasteiger partial charge in [0.05, 0.1) is 18.0 Å². The Bertz CT molecular complexity index is 916. The van der Waals surface area contributed by atoms with Crippen LogP contribution < -0.4 is 10.1 Å². The van der Waals surface area contributed by atoms with Gasteiger partial charge >= 0.3 is 0 Å². The van der Waals surface area contributed by atoms with Crippen molar-refractivity contribution in [3.05, 3.63) is 59.9 Å². The van der Waals surface area contributed by atoms with E-state index in [-0.39, 0.29) is 11.7 Å². The van der Waals surface area contributed by atoms with Gasteiger partial charge in [-0.3, -0.25) is 4.79 Å². The first-order chi connectivity index (χ1) is 13.1. The predicted molar refractivity (Wildman–Crippen MR) is 99.3 cm³/mol. The van der Waals surface area contributed by atoms with E-state index in [0.717, 1.165) is 11.3 Å². The fourth-order valence-electron chi connectivity index (χ4n) is 2.31. The minimum Gasteiger partial charge on any atom is -0.497 e. The largest absolute Gasteiger partial charge is 0.497 e. The van der Waals surface area contributed by atoms with Crippen molar-refractivity contribution in [1.29, 1.82) is 0 Å². The average Bonchev–Trinajstić information content (AvgIpc) is 3.14. The second kappa shape index (κ2) is 8.63. The molecule has 0 spiro atoms. The third kappa shape index (κ3) is 4.82. The Kier molecular flexibility index (Phi) is 6.02. The van der Waals surface area contributed by atoms with E-state index in [1.54, 1.807) is 26.2 Å². The third-order valence-corrected chi connectivity index (χ3v) is 4.80. The van der Waals surface area contributed by atoms with Gasteiger partial charge in [-0.1, -0.05) is 30.0 Å². The molecule has 1 aromatic heterocycles. The predicted octanol–water partition coefficient (Wildman–Crippen LogP) is 2.61. The van der Waals surface area contributed by atoms with Crippen LogP contribution in [0.15, 0.2) is 53.7 Å². The third-order valence-electron chi connectivity index (χ3n) is 3.77. The van der Waals surface area contributed by atoms with Gasteiger partial charge in [0, 0.05) is 6.54 Å². The summed E-state index contributed by atoms with van der Waals surface area (Å²) in [5.74, 6) is 0.229. The molecule has 3 aromatic rings. The fraction of sp³-hybridized carbons (Fsp3) is 0.222. The molecule has 0 unspecified atom stereocenters. The first kappa shape index (κ1) is 18.8. The Morgan fingerprint density at radius 1 is 1.30 bits per heavy atom. The fourth-order valence-corrected chi connectivity index (χ4v) is 3.14. The van der Waals surface area contributed by atoms with Crippen LogP contribution in [0.5, 0.6) is 5.75 Å². The number of tetrazole rings is 1. The molecule has 0 radical (unpaired) electrons. The molecule has 140 valence electrons. The smallest absolute Gasteiger partial charge is 0.233 e. The van der Waals surface area contributed by atoms with E-state index in [2.05, 4.69) is 20.8 Å². The van der Waals surface area contributed by atoms with E-state index in [9.17, 15) is 9.18 Å². The minimum atomic E-state index is -0.429. The van der Waals surface area contributed by atoms with Crippen LogP contribution in [0.4, 0.5) is 4.39 Å². The molecule has 9 heteroatoms. The number of benzene rings is 2. The summed E-state index contributed by atoms with van der Waals surface area (Å²) in [5, 5.41) is 14.3. The Morgan fingerprint density at radius 3 is 2.78 bits per heavy atom. The number of rotatable bonds is 7. The molecular formula is C18H18FN5O2S. The van der Waals surface area contributed by atoms with Crippen molar-refractivity contribution in [3.63, 3.8) is 0 Å². The van der Waals surface area contributed by atoms with Gasteiger partial charge in [0.2, 0.25) is 11.1 Å². The highest BCUT2D eigenvalue weighted by Gasteiger charge is 2.19. The number of halogens is 1. The van der Waals surface area contributed by atoms with Gasteiger partial charge in [-0.25, -0.2) is 4.39 Å². The van der Waals surface area contributed by atoms with Crippen LogP contribution >= 0.6 is 11.8 Å². The van der Waals surface area contributed by atoms with Crippen molar-refractivity contribution >= 4 is 17.7 Å². The summed E-state index contributed by atoms with van der Waals surface area (Å²) >= 11 is 1.20. The van der Waals surface area contributed by atoms with Gasteiger partial charge < -0.3 is 10.1 Å². The van der Waals surface area contributed by atoms with E-state index in [4.69, 9.17) is 4.74 Å². The van der Waals surface area contributed by atoms with Crippen molar-refractivity contribution < 1.29 is 13.9 Å². The molecule has 3 rings (SSSR count). The van der Waals surface area contributed by atoms with Crippen molar-refractivity contribution in [2.45, 2.75) is 23.9 Å². The zero-order valence-electron chi connectivity index (χ0n) is 14.8. The van der Waals surface area contributed by atoms with Crippen molar-refractivity contribution in [2.24, 2.45) is 0 Å². The van der Waals surface area contributed by atoms with Gasteiger partial charge in [-0.15, -0.1) is 5.10 Å². The van der Waals surface area contributed by atoms with Gasteiger partial charge in [0.25, 0.3) is 0 Å². The zero-order valence-corrected chi connectivity index (χ0v) is 15.6. The van der Waals surface area contributed by atoms with Crippen LogP contribution in [0, 0.1) is 5.82 Å². The molecule has 0 fully saturated rings. The lowest BCUT2D eigenvalue weighted by Crippen LogP contribution is -2.30. The number of methoxy groups -OCH3 is 1. The molecular weight excluding hydrogens is 369 g/mol. The van der Waals surface area contributed by atoms with E-state index in [0.29, 0.717) is 17.4 Å². The number of aromatic nitrogens is 4. The number of nitrogens with one attached hydrogen (secondary N) is 1. The topological polar surface area (TPSA) is 81.9 Å². The van der Waals surface area contributed by atoms with E-state index in [1.165, 1.54) is 28.6 Å². The number of ether oxygens (including phenoxy) is 1. The highest BCUT2D eigenvalue weighted by Crippen LogP contribution is 2.23. The summed E-state index contributed by atoms with van der Waals surface area (Å²) in [6.45, 7) is 2.17. The Balaban J connectivity index is 1.61. The summed E-state index contributed by atoms with van der Waals surface area (Å²) in [6, 6.07) is 13.4. The van der Waals surface area contributed by atoms with E-state index >= 15 is 0 Å². The number of hydrogen-bond donors (Lipinski definition) is 1. The van der Waals surface area contributed by atoms with Gasteiger partial charge in [0.15, 0.2) is 0 Å². The molecule has 7 nitrogen and oxygen atoms in total. The number of amides is 1. The van der Waals surface area contributed by atoms with Crippen LogP contribution in [0.25, 0.3) is 5.69 Å². The quantitative estimate of drug-likeness (QED) is 0.628. The second-order valence-corrected chi connectivity index (χ2v) is 6.99. The molecule has 0 saturated carbocycles. The van der Waals surface area contributed by atoms with Crippen molar-refractivity contribution in [2.75, 3.05) is 7.11 Å². The van der Waals surface area contributed by atoms with Crippen LogP contribution in [-0.4, -0.2) is 38.5 Å². The lowest BCUT2D eigenvalue weighted by Gasteiger charge is -2.12. The summed E-state index contributed by atoms with van der Waals surface area (Å²) in [7, 11) is 1.60. The number of carbonyl (C=O) groups excluding carboxylic acids is 1. The minimum absolute atomic E-state index is 0.149. The Labute approximate surface area is 159 Å². The summed E-state index contributed by atoms with van der Waals surface area (Å²) in [5.41, 5.74) is 1.46. The molecule has 0 bridgehead atoms. The molecule has 0 aliphatic rings. The molecule has 0 aliphatic heterocycles. The molecule has 0 saturated heterocycles. The highest BCUT2D eigenvalue weighted by molar-refractivity contribution is 8.00. The van der Waals surface area contributed by atoms with Crippen LogP contribution in [-0.2, 0) is 11.3 Å². The average molecular weight is 387 g/mol. The van der Waals surface area contributed by atoms with Crippen LogP contribution in [0.2, 0.25) is 0 Å². The van der Waals surface area contributed by atoms with Crippen molar-refractivity contribution in [1.82, 2.24) is 25.5 Å². The zero-order chi connectivity index (χ0) is 19.2. The molecule has 1 N–H and O–H groups in total. The lowest BCUT2D eigenvalue weighted by molar-refractivity contribution is -0.120.